The zero-order valence-corrected chi connectivity index (χ0v) is 12.4. The van der Waals surface area contributed by atoms with Crippen molar-refractivity contribution in [3.8, 4) is 5.75 Å². The minimum absolute atomic E-state index is 0.0632. The lowest BCUT2D eigenvalue weighted by molar-refractivity contribution is -0.722. The van der Waals surface area contributed by atoms with Gasteiger partial charge in [-0.1, -0.05) is 24.3 Å². The van der Waals surface area contributed by atoms with Gasteiger partial charge in [0.05, 0.1) is 10.6 Å². The van der Waals surface area contributed by atoms with Gasteiger partial charge < -0.3 is 16.2 Å². The lowest BCUT2D eigenvalue weighted by Gasteiger charge is -2.10. The topological polar surface area (TPSA) is 113 Å². The van der Waals surface area contributed by atoms with Crippen LogP contribution in [0.4, 0.5) is 17.1 Å². The second-order valence-corrected chi connectivity index (χ2v) is 4.67. The van der Waals surface area contributed by atoms with E-state index in [1.807, 2.05) is 12.1 Å². The molecule has 0 saturated carbocycles. The Morgan fingerprint density at radius 1 is 1.04 bits per heavy atom. The third-order valence-electron chi connectivity index (χ3n) is 3.13. The average Bonchev–Trinajstić information content (AvgIpc) is 2.56. The molecule has 0 heterocycles. The molecule has 0 radical (unpaired) electrons. The Balaban J connectivity index is 1.81. The molecule has 0 spiro atoms. The minimum atomic E-state index is -0.407. The van der Waals surface area contributed by atoms with Gasteiger partial charge in [-0.3, -0.25) is 10.1 Å². The van der Waals surface area contributed by atoms with Crippen molar-refractivity contribution in [1.82, 2.24) is 0 Å². The van der Waals surface area contributed by atoms with Crippen molar-refractivity contribution < 1.29 is 15.0 Å². The lowest BCUT2D eigenvalue weighted by Crippen LogP contribution is -2.66. The number of nitro benzene ring substituents is 1. The van der Waals surface area contributed by atoms with E-state index in [0.717, 1.165) is 12.1 Å². The van der Waals surface area contributed by atoms with Gasteiger partial charge in [0.25, 0.3) is 5.69 Å². The fourth-order valence-corrected chi connectivity index (χ4v) is 2.07. The molecule has 120 valence electrons. The third-order valence-corrected chi connectivity index (χ3v) is 3.13. The highest BCUT2D eigenvalue weighted by Gasteiger charge is 2.11. The maximum atomic E-state index is 10.9. The number of anilines is 2. The van der Waals surface area contributed by atoms with Crippen LogP contribution in [0.3, 0.4) is 0 Å². The Morgan fingerprint density at radius 3 is 2.35 bits per heavy atom. The first kappa shape index (κ1) is 16.2. The first-order chi connectivity index (χ1) is 11.2. The van der Waals surface area contributed by atoms with Crippen molar-refractivity contribution >= 4 is 17.1 Å². The van der Waals surface area contributed by atoms with Crippen LogP contribution in [0.5, 0.6) is 5.75 Å². The van der Waals surface area contributed by atoms with Gasteiger partial charge in [0.15, 0.2) is 0 Å². The number of hydrogen-bond acceptors (Lipinski definition) is 5. The molecule has 0 aliphatic rings. The number of benzene rings is 2. The van der Waals surface area contributed by atoms with Crippen LogP contribution in [0.2, 0.25) is 0 Å². The molecule has 0 amide bonds. The molecule has 8 heteroatoms. The molecule has 8 nitrogen and oxygen atoms in total. The summed E-state index contributed by atoms with van der Waals surface area (Å²) in [6.07, 6.45) is 0.743. The van der Waals surface area contributed by atoms with E-state index >= 15 is 0 Å². The Kier molecular flexibility index (Phi) is 5.87. The zero-order valence-electron chi connectivity index (χ0n) is 12.4. The van der Waals surface area contributed by atoms with Crippen LogP contribution in [-0.4, -0.2) is 18.0 Å². The maximum Gasteiger partial charge on any atom is 0.292 e. The molecule has 2 aromatic carbocycles. The molecular formula is C15H17N5O3. The Labute approximate surface area is 133 Å². The van der Waals surface area contributed by atoms with Crippen LogP contribution in [0, 0.1) is 10.1 Å². The molecule has 23 heavy (non-hydrogen) atoms. The van der Waals surface area contributed by atoms with E-state index < -0.39 is 4.92 Å². The fourth-order valence-electron chi connectivity index (χ4n) is 2.07. The third kappa shape index (κ3) is 4.67. The average molecular weight is 315 g/mol. The van der Waals surface area contributed by atoms with Crippen LogP contribution >= 0.6 is 0 Å². The standard InChI is InChI=1S/C15H17N5O3/c16-19-23-15-9-4-2-7-13(15)18-11-5-10-17-12-6-1-3-8-14(12)20(21)22/h1-4,6-9,17-19H,5,10-11H2. The molecule has 2 rings (SSSR count). The summed E-state index contributed by atoms with van der Waals surface area (Å²) in [5.41, 5.74) is 9.89. The van der Waals surface area contributed by atoms with Gasteiger partial charge in [-0.25, -0.2) is 4.84 Å². The van der Waals surface area contributed by atoms with Crippen molar-refractivity contribution in [1.29, 1.82) is 0 Å². The summed E-state index contributed by atoms with van der Waals surface area (Å²) in [5, 5.41) is 18.8. The monoisotopic (exact) mass is 315 g/mol. The highest BCUT2D eigenvalue weighted by molar-refractivity contribution is 5.61. The van der Waals surface area contributed by atoms with Crippen molar-refractivity contribution in [2.45, 2.75) is 6.42 Å². The predicted octanol–water partition coefficient (Wildman–Crippen LogP) is 1.90. The van der Waals surface area contributed by atoms with Crippen LogP contribution in [0.15, 0.2) is 48.5 Å². The van der Waals surface area contributed by atoms with Gasteiger partial charge >= 0.3 is 0 Å². The van der Waals surface area contributed by atoms with E-state index in [9.17, 15) is 10.1 Å². The highest BCUT2D eigenvalue weighted by Crippen LogP contribution is 2.23. The number of hydrogen-bond donors (Lipinski definition) is 3. The Bertz CT molecular complexity index is 678. The first-order valence-electron chi connectivity index (χ1n) is 7.08. The van der Waals surface area contributed by atoms with E-state index in [0.29, 0.717) is 24.5 Å². The largest absolute Gasteiger partial charge is 0.452 e. The fraction of sp³-hybridized carbons (Fsp3) is 0.200. The van der Waals surface area contributed by atoms with E-state index in [1.54, 1.807) is 35.6 Å². The van der Waals surface area contributed by atoms with Crippen molar-refractivity contribution in [2.75, 3.05) is 23.7 Å². The second-order valence-electron chi connectivity index (χ2n) is 4.67. The quantitative estimate of drug-likeness (QED) is 0.283. The number of nitro groups is 1. The van der Waals surface area contributed by atoms with Crippen LogP contribution in [0.1, 0.15) is 6.42 Å². The van der Waals surface area contributed by atoms with Gasteiger partial charge in [-0.15, -0.1) is 5.28 Å². The van der Waals surface area contributed by atoms with Gasteiger partial charge in [0.1, 0.15) is 5.69 Å². The molecular weight excluding hydrogens is 298 g/mol. The Morgan fingerprint density at radius 2 is 1.65 bits per heavy atom. The molecule has 2 aromatic rings. The van der Waals surface area contributed by atoms with Gasteiger partial charge in [0.2, 0.25) is 5.75 Å². The summed E-state index contributed by atoms with van der Waals surface area (Å²) in [6, 6.07) is 13.7. The van der Waals surface area contributed by atoms with Gasteiger partial charge in [0, 0.05) is 19.2 Å². The molecule has 0 atom stereocenters. The van der Waals surface area contributed by atoms with E-state index in [4.69, 9.17) is 10.4 Å². The first-order valence-corrected chi connectivity index (χ1v) is 7.08. The number of rotatable bonds is 9. The van der Waals surface area contributed by atoms with Gasteiger partial charge in [-0.05, 0) is 24.6 Å². The molecule has 0 aliphatic carbocycles. The van der Waals surface area contributed by atoms with Gasteiger partial charge in [-0.2, -0.15) is 0 Å². The van der Waals surface area contributed by atoms with E-state index in [2.05, 4.69) is 10.6 Å². The van der Waals surface area contributed by atoms with Crippen molar-refractivity contribution in [2.24, 2.45) is 0 Å². The molecule has 0 bridgehead atoms. The van der Waals surface area contributed by atoms with Crippen LogP contribution in [-0.2, 0) is 0 Å². The molecule has 3 N–H and O–H groups in total. The zero-order chi connectivity index (χ0) is 16.5. The summed E-state index contributed by atoms with van der Waals surface area (Å²) in [7, 11) is 0. The second kappa shape index (κ2) is 8.32. The van der Waals surface area contributed by atoms with Crippen LogP contribution in [0.25, 0.3) is 5.53 Å². The number of nitrogens with one attached hydrogen (secondary N) is 3. The van der Waals surface area contributed by atoms with Crippen molar-refractivity contribution in [3.63, 3.8) is 0 Å². The molecule has 0 saturated heterocycles. The summed E-state index contributed by atoms with van der Waals surface area (Å²) < 4.78 is 0. The summed E-state index contributed by atoms with van der Waals surface area (Å²) in [5.74, 6) is 0.474. The minimum Gasteiger partial charge on any atom is -0.452 e. The molecule has 0 fully saturated rings. The molecule has 0 unspecified atom stereocenters. The number of para-hydroxylation sites is 4. The SMILES string of the molecule is [N-]=[NH+]Oc1ccccc1NCCCNc1ccccc1[N+](=O)[O-]. The predicted molar refractivity (Wildman–Crippen MR) is 86.1 cm³/mol. The number of nitrogens with zero attached hydrogens (tertiary/aromatic N) is 2. The van der Waals surface area contributed by atoms with Crippen LogP contribution < -0.4 is 20.7 Å². The van der Waals surface area contributed by atoms with Crippen molar-refractivity contribution in [3.05, 3.63) is 64.2 Å². The lowest BCUT2D eigenvalue weighted by atomic mass is 10.2. The molecule has 0 aliphatic heterocycles. The summed E-state index contributed by atoms with van der Waals surface area (Å²) in [6.45, 7) is 1.22. The smallest absolute Gasteiger partial charge is 0.292 e. The normalized spacial score (nSPS) is 9.91. The Hall–Kier alpha value is -3.16. The maximum absolute atomic E-state index is 10.9. The summed E-state index contributed by atoms with van der Waals surface area (Å²) in [4.78, 5) is 15.4. The highest BCUT2D eigenvalue weighted by atomic mass is 16.6. The van der Waals surface area contributed by atoms with E-state index in [1.165, 1.54) is 6.07 Å². The molecule has 0 aromatic heterocycles. The summed E-state index contributed by atoms with van der Waals surface area (Å²) >= 11 is 0. The van der Waals surface area contributed by atoms with E-state index in [-0.39, 0.29) is 5.69 Å².